The molecular weight excluding hydrogens is 218 g/mol. The van der Waals surface area contributed by atoms with Crippen LogP contribution in [0, 0.1) is 0 Å². The Bertz CT molecular complexity index is 317. The minimum atomic E-state index is -0.588. The van der Waals surface area contributed by atoms with Crippen molar-refractivity contribution < 1.29 is 4.21 Å². The van der Waals surface area contributed by atoms with Gasteiger partial charge in [0.1, 0.15) is 0 Å². The van der Waals surface area contributed by atoms with Gasteiger partial charge in [0.15, 0.2) is 0 Å². The molecule has 16 heavy (non-hydrogen) atoms. The molecule has 0 N–H and O–H groups in total. The average molecular weight is 239 g/mol. The SMILES string of the molecule is C=C/C(=C\C=C(C)C)CN1CCS(=O)CC1. The van der Waals surface area contributed by atoms with E-state index in [-0.39, 0.29) is 0 Å². The molecule has 0 saturated carbocycles. The summed E-state index contributed by atoms with van der Waals surface area (Å²) in [7, 11) is -0.588. The maximum absolute atomic E-state index is 11.2. The van der Waals surface area contributed by atoms with Crippen molar-refractivity contribution in [3.8, 4) is 0 Å². The molecule has 0 spiro atoms. The summed E-state index contributed by atoms with van der Waals surface area (Å²) < 4.78 is 11.2. The van der Waals surface area contributed by atoms with E-state index in [4.69, 9.17) is 0 Å². The van der Waals surface area contributed by atoms with Crippen molar-refractivity contribution in [1.82, 2.24) is 4.90 Å². The standard InChI is InChI=1S/C13H21NOS/c1-4-13(6-5-12(2)3)11-14-7-9-16(15)10-8-14/h4-6H,1,7-11H2,2-3H3/b13-6+. The molecule has 3 heteroatoms. The molecule has 1 saturated heterocycles. The minimum absolute atomic E-state index is 0.588. The van der Waals surface area contributed by atoms with Crippen LogP contribution in [0.15, 0.2) is 36.0 Å². The van der Waals surface area contributed by atoms with Gasteiger partial charge in [0.2, 0.25) is 0 Å². The van der Waals surface area contributed by atoms with Crippen molar-refractivity contribution in [1.29, 1.82) is 0 Å². The maximum Gasteiger partial charge on any atom is 0.0363 e. The molecule has 2 nitrogen and oxygen atoms in total. The molecule has 1 heterocycles. The highest BCUT2D eigenvalue weighted by Crippen LogP contribution is 2.06. The van der Waals surface area contributed by atoms with Gasteiger partial charge in [-0.2, -0.15) is 0 Å². The Morgan fingerprint density at radius 3 is 2.44 bits per heavy atom. The Morgan fingerprint density at radius 2 is 1.94 bits per heavy atom. The zero-order valence-electron chi connectivity index (χ0n) is 10.2. The lowest BCUT2D eigenvalue weighted by molar-refractivity contribution is 0.327. The molecule has 90 valence electrons. The summed E-state index contributed by atoms with van der Waals surface area (Å²) in [6, 6.07) is 0. The van der Waals surface area contributed by atoms with Crippen molar-refractivity contribution in [3.63, 3.8) is 0 Å². The maximum atomic E-state index is 11.2. The second-order valence-corrected chi connectivity index (χ2v) is 6.01. The van der Waals surface area contributed by atoms with Crippen LogP contribution in [0.4, 0.5) is 0 Å². The van der Waals surface area contributed by atoms with E-state index in [1.807, 2.05) is 6.08 Å². The molecule has 0 radical (unpaired) electrons. The molecule has 1 rings (SSSR count). The third-order valence-corrected chi connectivity index (χ3v) is 3.85. The van der Waals surface area contributed by atoms with Gasteiger partial charge in [-0.25, -0.2) is 0 Å². The zero-order chi connectivity index (χ0) is 12.0. The van der Waals surface area contributed by atoms with Crippen LogP contribution in [0.2, 0.25) is 0 Å². The van der Waals surface area contributed by atoms with Crippen LogP contribution in [0.3, 0.4) is 0 Å². The summed E-state index contributed by atoms with van der Waals surface area (Å²) in [5.74, 6) is 1.63. The molecule has 0 unspecified atom stereocenters. The molecule has 0 aromatic rings. The topological polar surface area (TPSA) is 20.3 Å². The van der Waals surface area contributed by atoms with E-state index in [9.17, 15) is 4.21 Å². The van der Waals surface area contributed by atoms with Gasteiger partial charge >= 0.3 is 0 Å². The summed E-state index contributed by atoms with van der Waals surface area (Å²) in [5, 5.41) is 0. The number of hydrogen-bond acceptors (Lipinski definition) is 2. The molecule has 0 amide bonds. The normalized spacial score (nSPS) is 19.5. The zero-order valence-corrected chi connectivity index (χ0v) is 11.1. The first-order chi connectivity index (χ1) is 7.61. The van der Waals surface area contributed by atoms with Crippen LogP contribution < -0.4 is 0 Å². The highest BCUT2D eigenvalue weighted by atomic mass is 32.2. The van der Waals surface area contributed by atoms with Gasteiger partial charge in [0, 0.05) is 41.9 Å². The van der Waals surface area contributed by atoms with E-state index in [1.165, 1.54) is 11.1 Å². The summed E-state index contributed by atoms with van der Waals surface area (Å²) in [5.41, 5.74) is 2.52. The van der Waals surface area contributed by atoms with E-state index in [0.29, 0.717) is 0 Å². The fraction of sp³-hybridized carbons (Fsp3) is 0.538. The van der Waals surface area contributed by atoms with Gasteiger partial charge < -0.3 is 0 Å². The van der Waals surface area contributed by atoms with E-state index >= 15 is 0 Å². The van der Waals surface area contributed by atoms with Crippen molar-refractivity contribution in [2.45, 2.75) is 13.8 Å². The summed E-state index contributed by atoms with van der Waals surface area (Å²) in [4.78, 5) is 2.34. The highest BCUT2D eigenvalue weighted by molar-refractivity contribution is 7.85. The van der Waals surface area contributed by atoms with E-state index in [2.05, 4.69) is 37.5 Å². The van der Waals surface area contributed by atoms with Crippen LogP contribution in [0.5, 0.6) is 0 Å². The first-order valence-electron chi connectivity index (χ1n) is 5.65. The van der Waals surface area contributed by atoms with Gasteiger partial charge in [-0.15, -0.1) is 0 Å². The molecular formula is C13H21NOS. The Kier molecular flexibility index (Phi) is 5.71. The molecule has 0 aromatic carbocycles. The fourth-order valence-electron chi connectivity index (χ4n) is 1.55. The van der Waals surface area contributed by atoms with Gasteiger partial charge in [-0.1, -0.05) is 30.4 Å². The third kappa shape index (κ3) is 4.90. The number of hydrogen-bond donors (Lipinski definition) is 0. The Balaban J connectivity index is 2.50. The first kappa shape index (κ1) is 13.4. The van der Waals surface area contributed by atoms with Crippen molar-refractivity contribution in [2.75, 3.05) is 31.1 Å². The lowest BCUT2D eigenvalue weighted by Crippen LogP contribution is -2.38. The highest BCUT2D eigenvalue weighted by Gasteiger charge is 2.14. The van der Waals surface area contributed by atoms with E-state index in [1.54, 1.807) is 0 Å². The molecule has 0 bridgehead atoms. The van der Waals surface area contributed by atoms with Crippen molar-refractivity contribution >= 4 is 10.8 Å². The molecule has 0 atom stereocenters. The Labute approximate surface area is 101 Å². The van der Waals surface area contributed by atoms with Crippen molar-refractivity contribution in [3.05, 3.63) is 36.0 Å². The Hall–Kier alpha value is -0.670. The van der Waals surface area contributed by atoms with Crippen molar-refractivity contribution in [2.24, 2.45) is 0 Å². The predicted octanol–water partition coefficient (Wildman–Crippen LogP) is 2.13. The van der Waals surface area contributed by atoms with E-state index in [0.717, 1.165) is 31.1 Å². The van der Waals surface area contributed by atoms with Crippen LogP contribution in [0.1, 0.15) is 13.8 Å². The first-order valence-corrected chi connectivity index (χ1v) is 7.14. The molecule has 1 aliphatic rings. The van der Waals surface area contributed by atoms with Gasteiger partial charge in [-0.3, -0.25) is 9.11 Å². The van der Waals surface area contributed by atoms with Crippen LogP contribution in [-0.4, -0.2) is 40.2 Å². The smallest absolute Gasteiger partial charge is 0.0363 e. The lowest BCUT2D eigenvalue weighted by Gasteiger charge is -2.26. The quantitative estimate of drug-likeness (QED) is 0.701. The summed E-state index contributed by atoms with van der Waals surface area (Å²) in [6.45, 7) is 10.8. The molecule has 1 aliphatic heterocycles. The minimum Gasteiger partial charge on any atom is -0.297 e. The number of rotatable bonds is 4. The average Bonchev–Trinajstić information content (AvgIpc) is 2.26. The Morgan fingerprint density at radius 1 is 1.31 bits per heavy atom. The van der Waals surface area contributed by atoms with Crippen LogP contribution in [-0.2, 0) is 10.8 Å². The molecule has 0 aromatic heterocycles. The molecule has 1 fully saturated rings. The van der Waals surface area contributed by atoms with Crippen LogP contribution in [0.25, 0.3) is 0 Å². The van der Waals surface area contributed by atoms with Crippen LogP contribution >= 0.6 is 0 Å². The fourth-order valence-corrected chi connectivity index (χ4v) is 2.68. The predicted molar refractivity (Wildman–Crippen MR) is 72.0 cm³/mol. The monoisotopic (exact) mass is 239 g/mol. The number of allylic oxidation sites excluding steroid dienone is 3. The van der Waals surface area contributed by atoms with Gasteiger partial charge in [0.05, 0.1) is 0 Å². The van der Waals surface area contributed by atoms with E-state index < -0.39 is 10.8 Å². The summed E-state index contributed by atoms with van der Waals surface area (Å²) in [6.07, 6.45) is 6.14. The lowest BCUT2D eigenvalue weighted by atomic mass is 10.2. The van der Waals surface area contributed by atoms with Gasteiger partial charge in [-0.05, 0) is 19.4 Å². The third-order valence-electron chi connectivity index (χ3n) is 2.57. The van der Waals surface area contributed by atoms with Gasteiger partial charge in [0.25, 0.3) is 0 Å². The second kappa shape index (κ2) is 6.81. The summed E-state index contributed by atoms with van der Waals surface area (Å²) >= 11 is 0. The largest absolute Gasteiger partial charge is 0.297 e. The number of nitrogens with zero attached hydrogens (tertiary/aromatic N) is 1. The molecule has 0 aliphatic carbocycles. The second-order valence-electron chi connectivity index (χ2n) is 4.31.